The maximum Gasteiger partial charge on any atom is 0.222 e. The molecule has 2 bridgehead atoms. The van der Waals surface area contributed by atoms with Crippen molar-refractivity contribution in [2.24, 2.45) is 5.92 Å². The molecule has 2 heterocycles. The number of aliphatic hydroxyl groups is 2. The summed E-state index contributed by atoms with van der Waals surface area (Å²) in [6.45, 7) is 2.07. The quantitative estimate of drug-likeness (QED) is 0.683. The predicted molar refractivity (Wildman–Crippen MR) is 125 cm³/mol. The Hall–Kier alpha value is -1.43. The van der Waals surface area contributed by atoms with Gasteiger partial charge in [-0.2, -0.15) is 0 Å². The van der Waals surface area contributed by atoms with Crippen LogP contribution in [0, 0.1) is 5.92 Å². The summed E-state index contributed by atoms with van der Waals surface area (Å²) in [5, 5.41) is 21.5. The van der Waals surface area contributed by atoms with Gasteiger partial charge < -0.3 is 19.8 Å². The van der Waals surface area contributed by atoms with Gasteiger partial charge in [0.1, 0.15) is 6.10 Å². The summed E-state index contributed by atoms with van der Waals surface area (Å²) in [5.74, 6) is 0.894. The Balaban J connectivity index is 1.56. The van der Waals surface area contributed by atoms with E-state index in [1.165, 1.54) is 24.8 Å². The number of fused-ring (bicyclic) bond motifs is 2. The molecule has 5 nitrogen and oxygen atoms in total. The lowest BCUT2D eigenvalue weighted by atomic mass is 9.73. The summed E-state index contributed by atoms with van der Waals surface area (Å²) in [4.78, 5) is 15.0. The van der Waals surface area contributed by atoms with Crippen molar-refractivity contribution < 1.29 is 19.7 Å². The summed E-state index contributed by atoms with van der Waals surface area (Å²) in [6.07, 6.45) is 9.42. The van der Waals surface area contributed by atoms with Crippen LogP contribution in [0.15, 0.2) is 30.3 Å². The van der Waals surface area contributed by atoms with Crippen molar-refractivity contribution in [1.29, 1.82) is 0 Å². The number of amides is 1. The lowest BCUT2D eigenvalue weighted by Crippen LogP contribution is -2.58. The van der Waals surface area contributed by atoms with E-state index in [1.807, 2.05) is 24.9 Å². The molecule has 32 heavy (non-hydrogen) atoms. The molecular weight excluding hydrogens is 402 g/mol. The highest BCUT2D eigenvalue weighted by molar-refractivity contribution is 5.76. The molecule has 1 saturated carbocycles. The van der Waals surface area contributed by atoms with Gasteiger partial charge in [0, 0.05) is 20.1 Å². The Morgan fingerprint density at radius 1 is 1.12 bits per heavy atom. The van der Waals surface area contributed by atoms with Crippen LogP contribution < -0.4 is 0 Å². The number of likely N-dealkylation sites (N-methyl/N-ethyl adjacent to an activating group) is 1. The van der Waals surface area contributed by atoms with Gasteiger partial charge in [0.05, 0.1) is 17.2 Å². The zero-order valence-corrected chi connectivity index (χ0v) is 19.8. The normalized spacial score (nSPS) is 35.8. The SMILES string of the molecule is CN(C(=O)CC1CCCCC1)[C@H]1CC[C@@]2(CCO)C[C@H](c3ccccc3)C[C@](C)(O2)[C@@H]1O. The summed E-state index contributed by atoms with van der Waals surface area (Å²) in [6, 6.07) is 10.2. The van der Waals surface area contributed by atoms with E-state index in [0.29, 0.717) is 31.6 Å². The summed E-state index contributed by atoms with van der Waals surface area (Å²) in [5.41, 5.74) is 0.0383. The van der Waals surface area contributed by atoms with Crippen molar-refractivity contribution in [1.82, 2.24) is 4.90 Å². The Bertz CT molecular complexity index is 764. The molecule has 0 spiro atoms. The van der Waals surface area contributed by atoms with Gasteiger partial charge >= 0.3 is 0 Å². The molecule has 0 radical (unpaired) electrons. The molecule has 2 saturated heterocycles. The molecule has 5 heteroatoms. The van der Waals surface area contributed by atoms with E-state index >= 15 is 0 Å². The lowest BCUT2D eigenvalue weighted by molar-refractivity contribution is -0.226. The van der Waals surface area contributed by atoms with Crippen molar-refractivity contribution in [3.63, 3.8) is 0 Å². The topological polar surface area (TPSA) is 70.0 Å². The van der Waals surface area contributed by atoms with Gasteiger partial charge in [0.15, 0.2) is 0 Å². The average Bonchev–Trinajstić information content (AvgIpc) is 2.87. The van der Waals surface area contributed by atoms with E-state index in [1.54, 1.807) is 0 Å². The van der Waals surface area contributed by atoms with Crippen LogP contribution in [-0.2, 0) is 9.53 Å². The van der Waals surface area contributed by atoms with Crippen LogP contribution in [0.1, 0.15) is 89.0 Å². The van der Waals surface area contributed by atoms with Crippen molar-refractivity contribution >= 4 is 5.91 Å². The van der Waals surface area contributed by atoms with Crippen molar-refractivity contribution in [2.75, 3.05) is 13.7 Å². The number of carbonyl (C=O) groups excluding carboxylic acids is 1. The number of benzene rings is 1. The van der Waals surface area contributed by atoms with E-state index in [0.717, 1.165) is 25.7 Å². The van der Waals surface area contributed by atoms with Crippen LogP contribution in [0.25, 0.3) is 0 Å². The minimum atomic E-state index is -0.755. The third kappa shape index (κ3) is 4.90. The van der Waals surface area contributed by atoms with E-state index in [2.05, 4.69) is 24.3 Å². The molecule has 3 fully saturated rings. The Morgan fingerprint density at radius 2 is 1.84 bits per heavy atom. The molecule has 0 unspecified atom stereocenters. The predicted octanol–water partition coefficient (Wildman–Crippen LogP) is 4.41. The molecule has 1 aliphatic carbocycles. The first kappa shape index (κ1) is 23.7. The second-order valence-corrected chi connectivity index (χ2v) is 10.9. The molecule has 3 aliphatic rings. The minimum absolute atomic E-state index is 0.0643. The zero-order valence-electron chi connectivity index (χ0n) is 19.8. The summed E-state index contributed by atoms with van der Waals surface area (Å²) < 4.78 is 6.69. The third-order valence-corrected chi connectivity index (χ3v) is 8.52. The van der Waals surface area contributed by atoms with Gasteiger partial charge in [-0.1, -0.05) is 49.6 Å². The molecule has 1 amide bonds. The third-order valence-electron chi connectivity index (χ3n) is 8.52. The molecule has 4 rings (SSSR count). The first-order valence-electron chi connectivity index (χ1n) is 12.7. The molecule has 178 valence electrons. The van der Waals surface area contributed by atoms with Gasteiger partial charge in [0.25, 0.3) is 0 Å². The largest absolute Gasteiger partial charge is 0.396 e. The van der Waals surface area contributed by atoms with Gasteiger partial charge in [0.2, 0.25) is 5.91 Å². The Morgan fingerprint density at radius 3 is 2.53 bits per heavy atom. The van der Waals surface area contributed by atoms with Crippen molar-refractivity contribution in [2.45, 2.75) is 107 Å². The van der Waals surface area contributed by atoms with Gasteiger partial charge in [-0.15, -0.1) is 0 Å². The molecule has 2 N–H and O–H groups in total. The van der Waals surface area contributed by atoms with Gasteiger partial charge in [-0.05, 0) is 69.3 Å². The van der Waals surface area contributed by atoms with Crippen LogP contribution in [0.4, 0.5) is 0 Å². The number of carbonyl (C=O) groups is 1. The highest BCUT2D eigenvalue weighted by atomic mass is 16.5. The molecule has 1 aromatic rings. The number of ether oxygens (including phenoxy) is 1. The maximum atomic E-state index is 13.2. The van der Waals surface area contributed by atoms with Gasteiger partial charge in [-0.3, -0.25) is 4.79 Å². The van der Waals surface area contributed by atoms with E-state index in [9.17, 15) is 15.0 Å². The second-order valence-electron chi connectivity index (χ2n) is 10.9. The molecule has 5 atom stereocenters. The summed E-state index contributed by atoms with van der Waals surface area (Å²) >= 11 is 0. The number of hydrogen-bond acceptors (Lipinski definition) is 4. The van der Waals surface area contributed by atoms with Crippen LogP contribution in [0.3, 0.4) is 0 Å². The van der Waals surface area contributed by atoms with E-state index in [-0.39, 0.29) is 24.5 Å². The van der Waals surface area contributed by atoms with Crippen molar-refractivity contribution in [3.8, 4) is 0 Å². The summed E-state index contributed by atoms with van der Waals surface area (Å²) in [7, 11) is 1.87. The van der Waals surface area contributed by atoms with Crippen molar-refractivity contribution in [3.05, 3.63) is 35.9 Å². The average molecular weight is 444 g/mol. The fourth-order valence-electron chi connectivity index (χ4n) is 6.71. The number of nitrogens with zero attached hydrogens (tertiary/aromatic N) is 1. The lowest BCUT2D eigenvalue weighted by Gasteiger charge is -2.50. The first-order chi connectivity index (χ1) is 15.4. The monoisotopic (exact) mass is 443 g/mol. The fourth-order valence-corrected chi connectivity index (χ4v) is 6.71. The minimum Gasteiger partial charge on any atom is -0.396 e. The highest BCUT2D eigenvalue weighted by Crippen LogP contribution is 2.51. The van der Waals surface area contributed by atoms with Crippen LogP contribution in [0.5, 0.6) is 0 Å². The molecular formula is C27H41NO4. The Kier molecular flexibility index (Phi) is 7.28. The molecule has 2 aliphatic heterocycles. The zero-order chi connectivity index (χ0) is 22.8. The first-order valence-corrected chi connectivity index (χ1v) is 12.7. The maximum absolute atomic E-state index is 13.2. The van der Waals surface area contributed by atoms with Crippen LogP contribution in [-0.4, -0.2) is 58.0 Å². The number of aliphatic hydroxyl groups excluding tert-OH is 2. The van der Waals surface area contributed by atoms with E-state index in [4.69, 9.17) is 4.74 Å². The number of rotatable bonds is 6. The highest BCUT2D eigenvalue weighted by Gasteiger charge is 2.55. The molecule has 1 aromatic carbocycles. The second kappa shape index (κ2) is 9.82. The molecule has 0 aromatic heterocycles. The van der Waals surface area contributed by atoms with Crippen LogP contribution in [0.2, 0.25) is 0 Å². The van der Waals surface area contributed by atoms with E-state index < -0.39 is 17.3 Å². The van der Waals surface area contributed by atoms with Gasteiger partial charge in [-0.25, -0.2) is 0 Å². The fraction of sp³-hybridized carbons (Fsp3) is 0.741. The Labute approximate surface area is 193 Å². The standard InChI is InChI=1S/C27H41NO4/c1-26-18-22(21-11-7-4-8-12-21)19-27(32-26,15-16-29)14-13-23(25(26)31)28(2)24(30)17-20-9-5-3-6-10-20/h4,7-8,11-12,20,22-23,25,29,31H,3,5-6,9-10,13-19H2,1-2H3/t22-,23+,25-,26+,27-/m1/s1. The smallest absolute Gasteiger partial charge is 0.222 e. The number of hydrogen-bond donors (Lipinski definition) is 2. The van der Waals surface area contributed by atoms with Crippen LogP contribution >= 0.6 is 0 Å².